The Morgan fingerprint density at radius 3 is 2.15 bits per heavy atom. The number of Topliss-reactive ketones (excluding diaryl/α,β-unsaturated/α-hetero) is 1. The Morgan fingerprint density at radius 1 is 1.31 bits per heavy atom. The Kier molecular flexibility index (Phi) is 3.12. The lowest BCUT2D eigenvalue weighted by Crippen LogP contribution is -2.35. The SMILES string of the molecule is CC(C)NCC1(C(=O)C(C)C)CC1. The van der Waals surface area contributed by atoms with E-state index in [0.717, 1.165) is 19.4 Å². The largest absolute Gasteiger partial charge is 0.314 e. The van der Waals surface area contributed by atoms with E-state index >= 15 is 0 Å². The third-order valence-electron chi connectivity index (χ3n) is 2.75. The van der Waals surface area contributed by atoms with Crippen molar-refractivity contribution in [2.24, 2.45) is 11.3 Å². The Balaban J connectivity index is 2.43. The number of carbonyl (C=O) groups is 1. The second kappa shape index (κ2) is 3.79. The van der Waals surface area contributed by atoms with Gasteiger partial charge in [-0.15, -0.1) is 0 Å². The topological polar surface area (TPSA) is 29.1 Å². The second-order valence-corrected chi connectivity index (χ2v) is 4.83. The molecular formula is C11H21NO. The van der Waals surface area contributed by atoms with Crippen LogP contribution in [-0.4, -0.2) is 18.4 Å². The van der Waals surface area contributed by atoms with Crippen molar-refractivity contribution < 1.29 is 4.79 Å². The van der Waals surface area contributed by atoms with Crippen molar-refractivity contribution in [3.05, 3.63) is 0 Å². The standard InChI is InChI=1S/C11H21NO/c1-8(2)10(13)11(5-6-11)7-12-9(3)4/h8-9,12H,5-7H2,1-4H3. The molecule has 0 atom stereocenters. The van der Waals surface area contributed by atoms with Crippen LogP contribution in [-0.2, 0) is 4.79 Å². The van der Waals surface area contributed by atoms with E-state index in [1.807, 2.05) is 13.8 Å². The second-order valence-electron chi connectivity index (χ2n) is 4.83. The van der Waals surface area contributed by atoms with Crippen LogP contribution in [0.4, 0.5) is 0 Å². The molecule has 13 heavy (non-hydrogen) atoms. The van der Waals surface area contributed by atoms with Gasteiger partial charge >= 0.3 is 0 Å². The van der Waals surface area contributed by atoms with Gasteiger partial charge in [0.05, 0.1) is 0 Å². The highest BCUT2D eigenvalue weighted by Gasteiger charge is 2.49. The van der Waals surface area contributed by atoms with Crippen molar-refractivity contribution in [2.45, 2.75) is 46.6 Å². The van der Waals surface area contributed by atoms with Crippen LogP contribution in [0.3, 0.4) is 0 Å². The van der Waals surface area contributed by atoms with Gasteiger partial charge in [0.25, 0.3) is 0 Å². The van der Waals surface area contributed by atoms with Gasteiger partial charge in [0, 0.05) is 23.9 Å². The van der Waals surface area contributed by atoms with E-state index in [0.29, 0.717) is 11.8 Å². The third kappa shape index (κ3) is 2.53. The minimum Gasteiger partial charge on any atom is -0.314 e. The highest BCUT2D eigenvalue weighted by molar-refractivity contribution is 5.89. The van der Waals surface area contributed by atoms with Crippen LogP contribution >= 0.6 is 0 Å². The summed E-state index contributed by atoms with van der Waals surface area (Å²) in [6.45, 7) is 9.11. The number of nitrogens with one attached hydrogen (secondary N) is 1. The summed E-state index contributed by atoms with van der Waals surface area (Å²) in [5, 5.41) is 3.36. The van der Waals surface area contributed by atoms with Gasteiger partial charge in [-0.25, -0.2) is 0 Å². The maximum Gasteiger partial charge on any atom is 0.142 e. The highest BCUT2D eigenvalue weighted by atomic mass is 16.1. The van der Waals surface area contributed by atoms with Gasteiger partial charge in [-0.2, -0.15) is 0 Å². The van der Waals surface area contributed by atoms with E-state index in [1.165, 1.54) is 0 Å². The van der Waals surface area contributed by atoms with Crippen molar-refractivity contribution in [3.63, 3.8) is 0 Å². The van der Waals surface area contributed by atoms with Gasteiger partial charge in [-0.1, -0.05) is 27.7 Å². The number of carbonyl (C=O) groups excluding carboxylic acids is 1. The minimum absolute atomic E-state index is 0.0123. The monoisotopic (exact) mass is 183 g/mol. The lowest BCUT2D eigenvalue weighted by molar-refractivity contribution is -0.127. The van der Waals surface area contributed by atoms with Crippen molar-refractivity contribution in [3.8, 4) is 0 Å². The molecular weight excluding hydrogens is 162 g/mol. The van der Waals surface area contributed by atoms with Crippen LogP contribution < -0.4 is 5.32 Å². The molecule has 0 saturated heterocycles. The van der Waals surface area contributed by atoms with Crippen LogP contribution in [0.5, 0.6) is 0 Å². The van der Waals surface area contributed by atoms with Gasteiger partial charge < -0.3 is 5.32 Å². The summed E-state index contributed by atoms with van der Waals surface area (Å²) >= 11 is 0. The fourth-order valence-corrected chi connectivity index (χ4v) is 1.67. The molecule has 1 aliphatic rings. The molecule has 0 aromatic heterocycles. The Hall–Kier alpha value is -0.370. The molecule has 1 fully saturated rings. The molecule has 76 valence electrons. The fourth-order valence-electron chi connectivity index (χ4n) is 1.67. The first-order valence-electron chi connectivity index (χ1n) is 5.26. The van der Waals surface area contributed by atoms with E-state index in [4.69, 9.17) is 0 Å². The van der Waals surface area contributed by atoms with Gasteiger partial charge in [-0.05, 0) is 12.8 Å². The van der Waals surface area contributed by atoms with Gasteiger partial charge in [0.1, 0.15) is 5.78 Å². The van der Waals surface area contributed by atoms with E-state index in [-0.39, 0.29) is 11.3 Å². The van der Waals surface area contributed by atoms with Crippen LogP contribution in [0.15, 0.2) is 0 Å². The van der Waals surface area contributed by atoms with E-state index in [1.54, 1.807) is 0 Å². The normalized spacial score (nSPS) is 19.5. The first-order chi connectivity index (χ1) is 5.98. The Morgan fingerprint density at radius 2 is 1.85 bits per heavy atom. The summed E-state index contributed by atoms with van der Waals surface area (Å²) in [6, 6.07) is 0.484. The summed E-state index contributed by atoms with van der Waals surface area (Å²) in [6.07, 6.45) is 2.17. The molecule has 0 amide bonds. The van der Waals surface area contributed by atoms with Crippen molar-refractivity contribution in [1.82, 2.24) is 5.32 Å². The summed E-state index contributed by atoms with van der Waals surface area (Å²) in [5.74, 6) is 0.636. The average molecular weight is 183 g/mol. The fraction of sp³-hybridized carbons (Fsp3) is 0.909. The smallest absolute Gasteiger partial charge is 0.142 e. The van der Waals surface area contributed by atoms with Gasteiger partial charge in [0.2, 0.25) is 0 Å². The Labute approximate surface area is 81.1 Å². The number of ketones is 1. The van der Waals surface area contributed by atoms with Crippen LogP contribution in [0.25, 0.3) is 0 Å². The summed E-state index contributed by atoms with van der Waals surface area (Å²) < 4.78 is 0. The van der Waals surface area contributed by atoms with Crippen LogP contribution in [0, 0.1) is 11.3 Å². The lowest BCUT2D eigenvalue weighted by atomic mass is 9.92. The molecule has 0 bridgehead atoms. The first-order valence-corrected chi connectivity index (χ1v) is 5.26. The zero-order chi connectivity index (χ0) is 10.1. The summed E-state index contributed by atoms with van der Waals surface area (Å²) in [5.41, 5.74) is 0.0123. The highest BCUT2D eigenvalue weighted by Crippen LogP contribution is 2.47. The quantitative estimate of drug-likeness (QED) is 0.706. The molecule has 1 rings (SSSR count). The van der Waals surface area contributed by atoms with E-state index in [2.05, 4.69) is 19.2 Å². The molecule has 1 N–H and O–H groups in total. The summed E-state index contributed by atoms with van der Waals surface area (Å²) in [7, 11) is 0. The van der Waals surface area contributed by atoms with Crippen molar-refractivity contribution in [2.75, 3.05) is 6.54 Å². The number of hydrogen-bond acceptors (Lipinski definition) is 2. The number of hydrogen-bond donors (Lipinski definition) is 1. The lowest BCUT2D eigenvalue weighted by Gasteiger charge is -2.18. The molecule has 0 aromatic carbocycles. The first kappa shape index (κ1) is 10.7. The molecule has 0 heterocycles. The Bertz CT molecular complexity index is 192. The molecule has 0 radical (unpaired) electrons. The predicted octanol–water partition coefficient (Wildman–Crippen LogP) is 1.99. The van der Waals surface area contributed by atoms with Crippen LogP contribution in [0.2, 0.25) is 0 Å². The molecule has 1 aliphatic carbocycles. The molecule has 0 aromatic rings. The third-order valence-corrected chi connectivity index (χ3v) is 2.75. The summed E-state index contributed by atoms with van der Waals surface area (Å²) in [4.78, 5) is 11.8. The molecule has 2 heteroatoms. The van der Waals surface area contributed by atoms with Gasteiger partial charge in [-0.3, -0.25) is 4.79 Å². The molecule has 2 nitrogen and oxygen atoms in total. The predicted molar refractivity (Wildman–Crippen MR) is 54.7 cm³/mol. The zero-order valence-electron chi connectivity index (χ0n) is 9.18. The van der Waals surface area contributed by atoms with Gasteiger partial charge in [0.15, 0.2) is 0 Å². The van der Waals surface area contributed by atoms with Crippen molar-refractivity contribution in [1.29, 1.82) is 0 Å². The average Bonchev–Trinajstić information content (AvgIpc) is 2.80. The molecule has 1 saturated carbocycles. The maximum absolute atomic E-state index is 11.8. The molecule has 0 aliphatic heterocycles. The van der Waals surface area contributed by atoms with Crippen LogP contribution in [0.1, 0.15) is 40.5 Å². The number of rotatable bonds is 5. The molecule has 0 spiro atoms. The van der Waals surface area contributed by atoms with E-state index < -0.39 is 0 Å². The van der Waals surface area contributed by atoms with Crippen molar-refractivity contribution >= 4 is 5.78 Å². The van der Waals surface area contributed by atoms with E-state index in [9.17, 15) is 4.79 Å². The minimum atomic E-state index is 0.0123. The molecule has 0 unspecified atom stereocenters. The zero-order valence-corrected chi connectivity index (χ0v) is 9.18. The maximum atomic E-state index is 11.8.